The van der Waals surface area contributed by atoms with E-state index in [2.05, 4.69) is 49.5 Å². The van der Waals surface area contributed by atoms with Crippen molar-refractivity contribution < 1.29 is 0 Å². The lowest BCUT2D eigenvalue weighted by atomic mass is 10.0. The molecule has 1 aliphatic heterocycles. The molecular formula is C14H22N6S. The quantitative estimate of drug-likeness (QED) is 0.761. The Labute approximate surface area is 128 Å². The monoisotopic (exact) mass is 306 g/mol. The number of fused-ring (bicyclic) bond motifs is 1. The van der Waals surface area contributed by atoms with Gasteiger partial charge in [-0.3, -0.25) is 5.10 Å². The van der Waals surface area contributed by atoms with Crippen LogP contribution in [0.1, 0.15) is 26.2 Å². The lowest BCUT2D eigenvalue weighted by Gasteiger charge is -2.22. The average molecular weight is 306 g/mol. The maximum Gasteiger partial charge on any atom is 0.226 e. The molecule has 0 saturated carbocycles. The van der Waals surface area contributed by atoms with E-state index in [1.54, 1.807) is 6.20 Å². The zero-order valence-corrected chi connectivity index (χ0v) is 13.2. The van der Waals surface area contributed by atoms with Crippen molar-refractivity contribution in [1.29, 1.82) is 0 Å². The molecule has 114 valence electrons. The smallest absolute Gasteiger partial charge is 0.226 e. The SMILES string of the molecule is CCCNc1nc(NCC2CCSCC2)c2cn[nH]c2n1. The Bertz CT molecular complexity index is 578. The molecule has 1 saturated heterocycles. The molecule has 0 aliphatic carbocycles. The average Bonchev–Trinajstić information content (AvgIpc) is 3.00. The van der Waals surface area contributed by atoms with Crippen LogP contribution >= 0.6 is 11.8 Å². The maximum atomic E-state index is 4.60. The highest BCUT2D eigenvalue weighted by Crippen LogP contribution is 2.25. The Hall–Kier alpha value is -1.50. The Morgan fingerprint density at radius 3 is 2.95 bits per heavy atom. The predicted octanol–water partition coefficient (Wildman–Crippen LogP) is 2.73. The molecule has 3 N–H and O–H groups in total. The Kier molecular flexibility index (Phi) is 4.80. The second-order valence-electron chi connectivity index (χ2n) is 5.39. The van der Waals surface area contributed by atoms with Crippen molar-refractivity contribution in [1.82, 2.24) is 20.2 Å². The van der Waals surface area contributed by atoms with Gasteiger partial charge in [-0.2, -0.15) is 26.8 Å². The molecule has 0 aromatic carbocycles. The van der Waals surface area contributed by atoms with Crippen molar-refractivity contribution >= 4 is 34.6 Å². The molecular weight excluding hydrogens is 284 g/mol. The van der Waals surface area contributed by atoms with Crippen molar-refractivity contribution in [2.24, 2.45) is 5.92 Å². The molecule has 1 aliphatic rings. The molecule has 7 heteroatoms. The van der Waals surface area contributed by atoms with Crippen LogP contribution in [0.15, 0.2) is 6.20 Å². The summed E-state index contributed by atoms with van der Waals surface area (Å²) in [5.74, 6) is 4.84. The highest BCUT2D eigenvalue weighted by Gasteiger charge is 2.15. The van der Waals surface area contributed by atoms with Crippen LogP contribution < -0.4 is 10.6 Å². The third-order valence-corrected chi connectivity index (χ3v) is 4.79. The minimum Gasteiger partial charge on any atom is -0.369 e. The van der Waals surface area contributed by atoms with Crippen LogP contribution in [0.2, 0.25) is 0 Å². The number of anilines is 2. The second kappa shape index (κ2) is 6.98. The van der Waals surface area contributed by atoms with E-state index in [9.17, 15) is 0 Å². The van der Waals surface area contributed by atoms with Gasteiger partial charge < -0.3 is 10.6 Å². The summed E-state index contributed by atoms with van der Waals surface area (Å²) in [6, 6.07) is 0. The molecule has 6 nitrogen and oxygen atoms in total. The largest absolute Gasteiger partial charge is 0.369 e. The summed E-state index contributed by atoms with van der Waals surface area (Å²) in [7, 11) is 0. The minimum absolute atomic E-state index is 0.662. The number of H-pyrrole nitrogens is 1. The Morgan fingerprint density at radius 2 is 2.14 bits per heavy atom. The molecule has 0 atom stereocenters. The number of nitrogens with one attached hydrogen (secondary N) is 3. The highest BCUT2D eigenvalue weighted by molar-refractivity contribution is 7.99. The summed E-state index contributed by atoms with van der Waals surface area (Å²) in [4.78, 5) is 9.04. The Balaban J connectivity index is 1.73. The topological polar surface area (TPSA) is 78.5 Å². The normalized spacial score (nSPS) is 16.2. The van der Waals surface area contributed by atoms with Crippen molar-refractivity contribution in [3.05, 3.63) is 6.20 Å². The molecule has 0 spiro atoms. The van der Waals surface area contributed by atoms with Gasteiger partial charge in [-0.25, -0.2) is 0 Å². The van der Waals surface area contributed by atoms with E-state index in [4.69, 9.17) is 0 Å². The molecule has 0 amide bonds. The fourth-order valence-electron chi connectivity index (χ4n) is 2.48. The summed E-state index contributed by atoms with van der Waals surface area (Å²) in [5, 5.41) is 14.7. The fourth-order valence-corrected chi connectivity index (χ4v) is 3.68. The van der Waals surface area contributed by atoms with Crippen LogP contribution in [0.5, 0.6) is 0 Å². The van der Waals surface area contributed by atoms with Crippen LogP contribution in [-0.4, -0.2) is 44.8 Å². The van der Waals surface area contributed by atoms with E-state index >= 15 is 0 Å². The van der Waals surface area contributed by atoms with Gasteiger partial charge in [0.25, 0.3) is 0 Å². The second-order valence-corrected chi connectivity index (χ2v) is 6.62. The van der Waals surface area contributed by atoms with Crippen LogP contribution in [0.3, 0.4) is 0 Å². The highest BCUT2D eigenvalue weighted by atomic mass is 32.2. The first-order chi connectivity index (χ1) is 10.4. The third-order valence-electron chi connectivity index (χ3n) is 3.74. The molecule has 21 heavy (non-hydrogen) atoms. The predicted molar refractivity (Wildman–Crippen MR) is 89.0 cm³/mol. The summed E-state index contributed by atoms with van der Waals surface area (Å²) in [6.07, 6.45) is 5.42. The van der Waals surface area contributed by atoms with Gasteiger partial charge >= 0.3 is 0 Å². The van der Waals surface area contributed by atoms with Gasteiger partial charge in [-0.15, -0.1) is 0 Å². The standard InChI is InChI=1S/C14H22N6S/c1-2-5-15-14-18-12(11-9-17-20-13(11)19-14)16-8-10-3-6-21-7-4-10/h9-10H,2-8H2,1H3,(H3,15,16,17,18,19,20). The molecule has 0 unspecified atom stereocenters. The fraction of sp³-hybridized carbons (Fsp3) is 0.643. The first-order valence-corrected chi connectivity index (χ1v) is 8.79. The van der Waals surface area contributed by atoms with E-state index in [0.717, 1.165) is 42.3 Å². The van der Waals surface area contributed by atoms with Gasteiger partial charge in [0.15, 0.2) is 5.65 Å². The van der Waals surface area contributed by atoms with Crippen molar-refractivity contribution in [3.63, 3.8) is 0 Å². The molecule has 0 bridgehead atoms. The van der Waals surface area contributed by atoms with Crippen LogP contribution in [0.25, 0.3) is 11.0 Å². The van der Waals surface area contributed by atoms with Gasteiger partial charge in [0.1, 0.15) is 5.82 Å². The van der Waals surface area contributed by atoms with E-state index < -0.39 is 0 Å². The van der Waals surface area contributed by atoms with Crippen molar-refractivity contribution in [2.75, 3.05) is 35.2 Å². The maximum absolute atomic E-state index is 4.60. The summed E-state index contributed by atoms with van der Waals surface area (Å²) in [6.45, 7) is 3.98. The minimum atomic E-state index is 0.662. The molecule has 0 radical (unpaired) electrons. The van der Waals surface area contributed by atoms with E-state index in [1.807, 2.05) is 0 Å². The van der Waals surface area contributed by atoms with E-state index in [-0.39, 0.29) is 0 Å². The van der Waals surface area contributed by atoms with Gasteiger partial charge in [-0.05, 0) is 36.7 Å². The van der Waals surface area contributed by atoms with Crippen LogP contribution in [0.4, 0.5) is 11.8 Å². The lowest BCUT2D eigenvalue weighted by Crippen LogP contribution is -2.20. The number of hydrogen-bond acceptors (Lipinski definition) is 6. The van der Waals surface area contributed by atoms with E-state index in [0.29, 0.717) is 5.95 Å². The molecule has 3 rings (SSSR count). The van der Waals surface area contributed by atoms with Crippen LogP contribution in [0, 0.1) is 5.92 Å². The molecule has 1 fully saturated rings. The van der Waals surface area contributed by atoms with E-state index in [1.165, 1.54) is 24.3 Å². The van der Waals surface area contributed by atoms with Crippen molar-refractivity contribution in [3.8, 4) is 0 Å². The number of hydrogen-bond donors (Lipinski definition) is 3. The Morgan fingerprint density at radius 1 is 1.29 bits per heavy atom. The first kappa shape index (κ1) is 14.4. The number of nitrogens with zero attached hydrogens (tertiary/aromatic N) is 3. The van der Waals surface area contributed by atoms with Crippen LogP contribution in [-0.2, 0) is 0 Å². The summed E-state index contributed by atoms with van der Waals surface area (Å²) in [5.41, 5.74) is 0.783. The van der Waals surface area contributed by atoms with Gasteiger partial charge in [0.2, 0.25) is 5.95 Å². The number of thioether (sulfide) groups is 1. The van der Waals surface area contributed by atoms with Gasteiger partial charge in [-0.1, -0.05) is 6.92 Å². The third kappa shape index (κ3) is 3.58. The first-order valence-electron chi connectivity index (χ1n) is 7.63. The molecule has 2 aromatic rings. The molecule has 3 heterocycles. The zero-order chi connectivity index (χ0) is 14.5. The number of aromatic nitrogens is 4. The molecule has 2 aromatic heterocycles. The summed E-state index contributed by atoms with van der Waals surface area (Å²) >= 11 is 2.06. The van der Waals surface area contributed by atoms with Gasteiger partial charge in [0.05, 0.1) is 11.6 Å². The lowest BCUT2D eigenvalue weighted by molar-refractivity contribution is 0.516. The van der Waals surface area contributed by atoms with Crippen molar-refractivity contribution in [2.45, 2.75) is 26.2 Å². The number of aromatic amines is 1. The van der Waals surface area contributed by atoms with Gasteiger partial charge in [0, 0.05) is 13.1 Å². The zero-order valence-electron chi connectivity index (χ0n) is 12.4. The summed E-state index contributed by atoms with van der Waals surface area (Å²) < 4.78 is 0. The number of rotatable bonds is 6.